The Morgan fingerprint density at radius 2 is 1.59 bits per heavy atom. The van der Waals surface area contributed by atoms with Crippen molar-refractivity contribution < 1.29 is 0 Å². The van der Waals surface area contributed by atoms with Crippen molar-refractivity contribution in [2.24, 2.45) is 0 Å². The zero-order chi connectivity index (χ0) is 12.7. The van der Waals surface area contributed by atoms with Gasteiger partial charge in [-0.15, -0.1) is 0 Å². The molecule has 0 fully saturated rings. The van der Waals surface area contributed by atoms with Crippen LogP contribution >= 0.6 is 11.6 Å². The molecule has 1 rings (SSSR count). The molecule has 1 atom stereocenters. The van der Waals surface area contributed by atoms with Gasteiger partial charge in [0.05, 0.1) is 0 Å². The van der Waals surface area contributed by atoms with Crippen LogP contribution in [-0.2, 0) is 0 Å². The number of hydrogen-bond acceptors (Lipinski definition) is 1. The molecule has 1 nitrogen and oxygen atoms in total. The quantitative estimate of drug-likeness (QED) is 0.724. The summed E-state index contributed by atoms with van der Waals surface area (Å²) in [5, 5.41) is 4.52. The fourth-order valence-electron chi connectivity index (χ4n) is 2.21. The summed E-state index contributed by atoms with van der Waals surface area (Å²) in [6.07, 6.45) is 4.99. The number of halogens is 1. The van der Waals surface area contributed by atoms with Crippen LogP contribution in [0.25, 0.3) is 0 Å². The Kier molecular flexibility index (Phi) is 6.61. The van der Waals surface area contributed by atoms with E-state index in [4.69, 9.17) is 11.6 Å². The van der Waals surface area contributed by atoms with Crippen LogP contribution in [0.2, 0.25) is 5.02 Å². The lowest BCUT2D eigenvalue weighted by molar-refractivity contribution is 0.402. The van der Waals surface area contributed by atoms with Crippen LogP contribution in [0.4, 0.5) is 0 Å². The molecule has 1 aromatic carbocycles. The van der Waals surface area contributed by atoms with Crippen molar-refractivity contribution in [3.8, 4) is 0 Å². The molecule has 0 aliphatic carbocycles. The van der Waals surface area contributed by atoms with Crippen LogP contribution in [0.3, 0.4) is 0 Å². The first kappa shape index (κ1) is 14.5. The highest BCUT2D eigenvalue weighted by atomic mass is 35.5. The predicted octanol–water partition coefficient (Wildman–Crippen LogP) is 4.96. The lowest BCUT2D eigenvalue weighted by Gasteiger charge is -2.23. The Bertz CT molecular complexity index is 301. The van der Waals surface area contributed by atoms with Gasteiger partial charge < -0.3 is 5.32 Å². The highest BCUT2D eigenvalue weighted by Crippen LogP contribution is 2.18. The summed E-state index contributed by atoms with van der Waals surface area (Å²) in [7, 11) is 0. The predicted molar refractivity (Wildman–Crippen MR) is 76.6 cm³/mol. The Balaban J connectivity index is 2.56. The molecule has 0 heterocycles. The Morgan fingerprint density at radius 3 is 2.06 bits per heavy atom. The van der Waals surface area contributed by atoms with Crippen molar-refractivity contribution in [1.82, 2.24) is 5.32 Å². The molecule has 0 unspecified atom stereocenters. The van der Waals surface area contributed by atoms with Gasteiger partial charge >= 0.3 is 0 Å². The van der Waals surface area contributed by atoms with Crippen molar-refractivity contribution in [3.05, 3.63) is 34.9 Å². The molecule has 0 aliphatic heterocycles. The summed E-state index contributed by atoms with van der Waals surface area (Å²) in [6.45, 7) is 6.72. The van der Waals surface area contributed by atoms with E-state index in [9.17, 15) is 0 Å². The van der Waals surface area contributed by atoms with Gasteiger partial charge in [-0.2, -0.15) is 0 Å². The average molecular weight is 254 g/mol. The fraction of sp³-hybridized carbons (Fsp3) is 0.600. The second-order valence-corrected chi connectivity index (χ2v) is 5.15. The van der Waals surface area contributed by atoms with Gasteiger partial charge in [0.15, 0.2) is 0 Å². The maximum Gasteiger partial charge on any atom is 0.0406 e. The Morgan fingerprint density at radius 1 is 1.06 bits per heavy atom. The second kappa shape index (κ2) is 7.73. The van der Waals surface area contributed by atoms with Gasteiger partial charge in [0.2, 0.25) is 0 Å². The number of rotatable bonds is 7. The fourth-order valence-corrected chi connectivity index (χ4v) is 2.34. The van der Waals surface area contributed by atoms with Crippen LogP contribution in [-0.4, -0.2) is 6.04 Å². The minimum Gasteiger partial charge on any atom is -0.307 e. The van der Waals surface area contributed by atoms with E-state index in [-0.39, 0.29) is 0 Å². The first-order chi connectivity index (χ1) is 8.17. The summed E-state index contributed by atoms with van der Waals surface area (Å²) >= 11 is 5.90. The van der Waals surface area contributed by atoms with Crippen molar-refractivity contribution in [2.75, 3.05) is 0 Å². The molecule has 0 radical (unpaired) electrons. The molecular formula is C15H24ClN. The first-order valence-electron chi connectivity index (χ1n) is 6.68. The molecular weight excluding hydrogens is 230 g/mol. The first-order valence-corrected chi connectivity index (χ1v) is 7.06. The lowest BCUT2D eigenvalue weighted by atomic mass is 10.0. The van der Waals surface area contributed by atoms with Gasteiger partial charge in [0.1, 0.15) is 0 Å². The molecule has 1 N–H and O–H groups in total. The molecule has 0 spiro atoms. The Hall–Kier alpha value is -0.530. The van der Waals surface area contributed by atoms with E-state index in [1.807, 2.05) is 12.1 Å². The van der Waals surface area contributed by atoms with Crippen LogP contribution in [0.5, 0.6) is 0 Å². The van der Waals surface area contributed by atoms with Gasteiger partial charge in [-0.05, 0) is 37.5 Å². The summed E-state index contributed by atoms with van der Waals surface area (Å²) < 4.78 is 0. The third-order valence-electron chi connectivity index (χ3n) is 3.13. The number of benzene rings is 1. The zero-order valence-corrected chi connectivity index (χ0v) is 11.9. The van der Waals surface area contributed by atoms with Crippen LogP contribution in [0, 0.1) is 0 Å². The van der Waals surface area contributed by atoms with E-state index in [0.717, 1.165) is 5.02 Å². The number of nitrogens with one attached hydrogen (secondary N) is 1. The third kappa shape index (κ3) is 5.10. The third-order valence-corrected chi connectivity index (χ3v) is 3.38. The maximum absolute atomic E-state index is 5.90. The van der Waals surface area contributed by atoms with E-state index in [1.165, 1.54) is 31.2 Å². The van der Waals surface area contributed by atoms with E-state index < -0.39 is 0 Å². The average Bonchev–Trinajstić information content (AvgIpc) is 2.30. The zero-order valence-electron chi connectivity index (χ0n) is 11.2. The minimum absolute atomic E-state index is 0.398. The second-order valence-electron chi connectivity index (χ2n) is 4.71. The highest BCUT2D eigenvalue weighted by Gasteiger charge is 2.11. The van der Waals surface area contributed by atoms with Gasteiger partial charge in [-0.25, -0.2) is 0 Å². The van der Waals surface area contributed by atoms with E-state index in [0.29, 0.717) is 12.1 Å². The largest absolute Gasteiger partial charge is 0.307 e. The molecule has 96 valence electrons. The smallest absolute Gasteiger partial charge is 0.0406 e. The SMILES string of the molecule is CCCC(CCC)N[C@@H](C)c1ccc(Cl)cc1. The molecule has 0 saturated heterocycles. The van der Waals surface area contributed by atoms with Crippen LogP contribution in [0.15, 0.2) is 24.3 Å². The van der Waals surface area contributed by atoms with Crippen molar-refractivity contribution in [2.45, 2.75) is 58.5 Å². The minimum atomic E-state index is 0.398. The topological polar surface area (TPSA) is 12.0 Å². The van der Waals surface area contributed by atoms with E-state index >= 15 is 0 Å². The molecule has 0 bridgehead atoms. The van der Waals surface area contributed by atoms with Crippen LogP contribution in [0.1, 0.15) is 58.1 Å². The molecule has 0 aromatic heterocycles. The van der Waals surface area contributed by atoms with Crippen molar-refractivity contribution in [3.63, 3.8) is 0 Å². The van der Waals surface area contributed by atoms with Gasteiger partial charge in [-0.1, -0.05) is 50.4 Å². The van der Waals surface area contributed by atoms with Gasteiger partial charge in [0.25, 0.3) is 0 Å². The highest BCUT2D eigenvalue weighted by molar-refractivity contribution is 6.30. The molecule has 0 aliphatic rings. The summed E-state index contributed by atoms with van der Waals surface area (Å²) in [6, 6.07) is 9.17. The van der Waals surface area contributed by atoms with Crippen molar-refractivity contribution >= 4 is 11.6 Å². The summed E-state index contributed by atoms with van der Waals surface area (Å²) in [4.78, 5) is 0. The normalized spacial score (nSPS) is 13.0. The molecule has 2 heteroatoms. The Labute approximate surface area is 111 Å². The van der Waals surface area contributed by atoms with Crippen LogP contribution < -0.4 is 5.32 Å². The monoisotopic (exact) mass is 253 g/mol. The summed E-state index contributed by atoms with van der Waals surface area (Å²) in [5.41, 5.74) is 1.31. The lowest BCUT2D eigenvalue weighted by Crippen LogP contribution is -2.31. The van der Waals surface area contributed by atoms with Crippen molar-refractivity contribution in [1.29, 1.82) is 0 Å². The van der Waals surface area contributed by atoms with Gasteiger partial charge in [-0.3, -0.25) is 0 Å². The van der Waals surface area contributed by atoms with E-state index in [2.05, 4.69) is 38.2 Å². The molecule has 1 aromatic rings. The van der Waals surface area contributed by atoms with Gasteiger partial charge in [0, 0.05) is 17.1 Å². The maximum atomic E-state index is 5.90. The standard InChI is InChI=1S/C15H24ClN/c1-4-6-15(7-5-2)17-12(3)13-8-10-14(16)11-9-13/h8-12,15,17H,4-7H2,1-3H3/t12-/m0/s1. The number of hydrogen-bond donors (Lipinski definition) is 1. The molecule has 0 amide bonds. The summed E-state index contributed by atoms with van der Waals surface area (Å²) in [5.74, 6) is 0. The molecule has 17 heavy (non-hydrogen) atoms. The van der Waals surface area contributed by atoms with E-state index in [1.54, 1.807) is 0 Å². The molecule has 0 saturated carbocycles.